The van der Waals surface area contributed by atoms with Crippen LogP contribution in [-0.4, -0.2) is 10.9 Å². The third-order valence-electron chi connectivity index (χ3n) is 2.88. The van der Waals surface area contributed by atoms with Gasteiger partial charge in [0.05, 0.1) is 17.4 Å². The molecule has 1 aromatic carbocycles. The number of aromatic nitrogens is 1. The number of carbonyl (C=O) groups is 1. The molecule has 3 N–H and O–H groups in total. The van der Waals surface area contributed by atoms with E-state index in [2.05, 4.69) is 26.2 Å². The summed E-state index contributed by atoms with van der Waals surface area (Å²) in [7, 11) is 0. The molecule has 0 aliphatic heterocycles. The van der Waals surface area contributed by atoms with Gasteiger partial charge >= 0.3 is 0 Å². The van der Waals surface area contributed by atoms with Crippen LogP contribution < -0.4 is 11.1 Å². The molecule has 4 nitrogen and oxygen atoms in total. The van der Waals surface area contributed by atoms with Gasteiger partial charge in [-0.05, 0) is 43.2 Å². The number of amides is 1. The van der Waals surface area contributed by atoms with E-state index in [1.807, 2.05) is 26.0 Å². The van der Waals surface area contributed by atoms with Crippen LogP contribution in [0.3, 0.4) is 0 Å². The van der Waals surface area contributed by atoms with Gasteiger partial charge in [-0.15, -0.1) is 0 Å². The molecule has 6 heteroatoms. The van der Waals surface area contributed by atoms with Crippen LogP contribution in [0.5, 0.6) is 0 Å². The maximum Gasteiger partial charge on any atom is 0.257 e. The smallest absolute Gasteiger partial charge is 0.257 e. The normalized spacial score (nSPS) is 10.4. The minimum atomic E-state index is -0.305. The number of nitrogens with two attached hydrogens (primary N) is 1. The molecule has 0 spiro atoms. The summed E-state index contributed by atoms with van der Waals surface area (Å²) in [5.74, 6) is -0.305. The predicted molar refractivity (Wildman–Crippen MR) is 85.2 cm³/mol. The highest BCUT2D eigenvalue weighted by molar-refractivity contribution is 9.10. The number of aryl methyl sites for hydroxylation is 2. The highest BCUT2D eigenvalue weighted by atomic mass is 79.9. The van der Waals surface area contributed by atoms with Crippen LogP contribution in [0.2, 0.25) is 5.15 Å². The minimum Gasteiger partial charge on any atom is -0.397 e. The van der Waals surface area contributed by atoms with Gasteiger partial charge in [0.25, 0.3) is 5.91 Å². The molecule has 2 aromatic rings. The molecule has 0 radical (unpaired) electrons. The Balaban J connectivity index is 2.35. The third kappa shape index (κ3) is 3.11. The van der Waals surface area contributed by atoms with E-state index < -0.39 is 0 Å². The summed E-state index contributed by atoms with van der Waals surface area (Å²) in [5.41, 5.74) is 9.05. The molecule has 2 rings (SSSR count). The van der Waals surface area contributed by atoms with Crippen LogP contribution in [0, 0.1) is 13.8 Å². The van der Waals surface area contributed by atoms with E-state index in [9.17, 15) is 4.79 Å². The van der Waals surface area contributed by atoms with Gasteiger partial charge < -0.3 is 11.1 Å². The number of pyridine rings is 1. The van der Waals surface area contributed by atoms with Crippen molar-refractivity contribution in [1.29, 1.82) is 0 Å². The van der Waals surface area contributed by atoms with Crippen molar-refractivity contribution in [1.82, 2.24) is 4.98 Å². The molecule has 0 bridgehead atoms. The van der Waals surface area contributed by atoms with Gasteiger partial charge in [0.1, 0.15) is 5.15 Å². The second kappa shape index (κ2) is 5.81. The number of benzene rings is 1. The Kier molecular flexibility index (Phi) is 4.30. The molecule has 1 heterocycles. The summed E-state index contributed by atoms with van der Waals surface area (Å²) < 4.78 is 0.969. The van der Waals surface area contributed by atoms with Crippen molar-refractivity contribution >= 4 is 44.8 Å². The van der Waals surface area contributed by atoms with Gasteiger partial charge in [-0.25, -0.2) is 4.98 Å². The zero-order valence-corrected chi connectivity index (χ0v) is 13.3. The Morgan fingerprint density at radius 2 is 1.90 bits per heavy atom. The number of halogens is 2. The quantitative estimate of drug-likeness (QED) is 0.802. The molecule has 1 amide bonds. The van der Waals surface area contributed by atoms with Crippen LogP contribution in [0.25, 0.3) is 0 Å². The monoisotopic (exact) mass is 353 g/mol. The molecule has 104 valence electrons. The van der Waals surface area contributed by atoms with E-state index in [1.54, 1.807) is 0 Å². The highest BCUT2D eigenvalue weighted by Gasteiger charge is 2.14. The lowest BCUT2D eigenvalue weighted by molar-refractivity contribution is 0.102. The Bertz CT molecular complexity index is 665. The number of nitrogen functional groups attached to an aromatic ring is 1. The summed E-state index contributed by atoms with van der Waals surface area (Å²) in [6.07, 6.45) is 1.37. The predicted octanol–water partition coefficient (Wildman–Crippen LogP) is 3.95. The van der Waals surface area contributed by atoms with Crippen molar-refractivity contribution in [3.05, 3.63) is 50.7 Å². The first-order valence-corrected chi connectivity index (χ1v) is 7.04. The Morgan fingerprint density at radius 1 is 1.30 bits per heavy atom. The van der Waals surface area contributed by atoms with Crippen molar-refractivity contribution in [2.45, 2.75) is 13.8 Å². The molecular weight excluding hydrogens is 342 g/mol. The molecule has 0 aliphatic rings. The van der Waals surface area contributed by atoms with Crippen molar-refractivity contribution in [3.8, 4) is 0 Å². The van der Waals surface area contributed by atoms with Crippen LogP contribution in [0.15, 0.2) is 28.9 Å². The first-order valence-electron chi connectivity index (χ1n) is 5.87. The summed E-state index contributed by atoms with van der Waals surface area (Å²) in [5, 5.41) is 3.09. The van der Waals surface area contributed by atoms with E-state index in [0.717, 1.165) is 21.3 Å². The van der Waals surface area contributed by atoms with E-state index in [1.165, 1.54) is 12.3 Å². The van der Waals surface area contributed by atoms with Gasteiger partial charge in [0, 0.05) is 10.2 Å². The fourth-order valence-electron chi connectivity index (χ4n) is 1.93. The lowest BCUT2D eigenvalue weighted by Crippen LogP contribution is -2.16. The van der Waals surface area contributed by atoms with Crippen molar-refractivity contribution < 1.29 is 4.79 Å². The number of hydrogen-bond donors (Lipinski definition) is 2. The van der Waals surface area contributed by atoms with Crippen LogP contribution in [0.4, 0.5) is 11.4 Å². The number of rotatable bonds is 2. The number of nitrogens with zero attached hydrogens (tertiary/aromatic N) is 1. The average Bonchev–Trinajstić information content (AvgIpc) is 2.36. The van der Waals surface area contributed by atoms with E-state index >= 15 is 0 Å². The van der Waals surface area contributed by atoms with Gasteiger partial charge in [0.2, 0.25) is 0 Å². The Hall–Kier alpha value is -1.59. The molecule has 0 saturated heterocycles. The summed E-state index contributed by atoms with van der Waals surface area (Å²) >= 11 is 9.22. The second-order valence-corrected chi connectivity index (χ2v) is 5.77. The van der Waals surface area contributed by atoms with E-state index in [4.69, 9.17) is 17.3 Å². The zero-order valence-electron chi connectivity index (χ0n) is 11.0. The second-order valence-electron chi connectivity index (χ2n) is 4.46. The first kappa shape index (κ1) is 14.8. The zero-order chi connectivity index (χ0) is 14.9. The van der Waals surface area contributed by atoms with Gasteiger partial charge in [0.15, 0.2) is 0 Å². The molecule has 1 aromatic heterocycles. The molecule has 0 fully saturated rings. The van der Waals surface area contributed by atoms with Gasteiger partial charge in [-0.2, -0.15) is 0 Å². The molecule has 0 unspecified atom stereocenters. The topological polar surface area (TPSA) is 68.0 Å². The number of hydrogen-bond acceptors (Lipinski definition) is 3. The van der Waals surface area contributed by atoms with Gasteiger partial charge in [-0.1, -0.05) is 27.5 Å². The average molecular weight is 355 g/mol. The van der Waals surface area contributed by atoms with Crippen molar-refractivity contribution in [2.75, 3.05) is 11.1 Å². The summed E-state index contributed by atoms with van der Waals surface area (Å²) in [6.45, 7) is 3.85. The maximum atomic E-state index is 12.3. The van der Waals surface area contributed by atoms with Gasteiger partial charge in [-0.3, -0.25) is 4.79 Å². The van der Waals surface area contributed by atoms with E-state index in [0.29, 0.717) is 11.3 Å². The largest absolute Gasteiger partial charge is 0.397 e. The van der Waals surface area contributed by atoms with Crippen molar-refractivity contribution in [2.24, 2.45) is 0 Å². The van der Waals surface area contributed by atoms with Crippen molar-refractivity contribution in [3.63, 3.8) is 0 Å². The number of nitrogens with one attached hydrogen (secondary N) is 1. The Labute approximate surface area is 130 Å². The number of carbonyl (C=O) groups excluding carboxylic acids is 1. The molecular formula is C14H13BrClN3O. The molecule has 0 aliphatic carbocycles. The minimum absolute atomic E-state index is 0.230. The molecule has 20 heavy (non-hydrogen) atoms. The molecule has 0 atom stereocenters. The SMILES string of the molecule is Cc1cc(Br)cc(C)c1NC(=O)c1cc(Cl)ncc1N. The van der Waals surface area contributed by atoms with Crippen LogP contribution >= 0.6 is 27.5 Å². The first-order chi connectivity index (χ1) is 9.38. The lowest BCUT2D eigenvalue weighted by atomic mass is 10.1. The van der Waals surface area contributed by atoms with Crippen LogP contribution in [-0.2, 0) is 0 Å². The summed E-state index contributed by atoms with van der Waals surface area (Å²) in [4.78, 5) is 16.1. The maximum absolute atomic E-state index is 12.3. The van der Waals surface area contributed by atoms with Crippen LogP contribution in [0.1, 0.15) is 21.5 Å². The third-order valence-corrected chi connectivity index (χ3v) is 3.55. The fraction of sp³-hybridized carbons (Fsp3) is 0.143. The van der Waals surface area contributed by atoms with E-state index in [-0.39, 0.29) is 11.1 Å². The highest BCUT2D eigenvalue weighted by Crippen LogP contribution is 2.26. The number of anilines is 2. The fourth-order valence-corrected chi connectivity index (χ4v) is 2.77. The standard InChI is InChI=1S/C14H13BrClN3O/c1-7-3-9(15)4-8(2)13(7)19-14(20)10-5-12(16)18-6-11(10)17/h3-6H,17H2,1-2H3,(H,19,20). The molecule has 0 saturated carbocycles. The Morgan fingerprint density at radius 3 is 2.50 bits per heavy atom. The lowest BCUT2D eigenvalue weighted by Gasteiger charge is -2.13. The summed E-state index contributed by atoms with van der Waals surface area (Å²) in [6, 6.07) is 5.33.